The molecule has 0 aliphatic rings. The number of benzene rings is 3. The van der Waals surface area contributed by atoms with E-state index in [1.807, 2.05) is 6.07 Å². The molecule has 0 aliphatic heterocycles. The molecule has 0 saturated carbocycles. The number of anilines is 1. The molecule has 1 aromatic heterocycles. The van der Waals surface area contributed by atoms with Gasteiger partial charge in [-0.2, -0.15) is 17.5 Å². The van der Waals surface area contributed by atoms with Gasteiger partial charge in [-0.05, 0) is 36.4 Å². The maximum atomic E-state index is 13.3. The number of aromatic nitrogens is 3. The first-order valence-electron chi connectivity index (χ1n) is 12.3. The first-order chi connectivity index (χ1) is 19.1. The van der Waals surface area contributed by atoms with Crippen LogP contribution in [-0.4, -0.2) is 52.2 Å². The lowest BCUT2D eigenvalue weighted by Gasteiger charge is -2.19. The smallest absolute Gasteiger partial charge is 0.325 e. The van der Waals surface area contributed by atoms with Crippen LogP contribution in [0.1, 0.15) is 19.4 Å². The van der Waals surface area contributed by atoms with Crippen molar-refractivity contribution in [2.45, 2.75) is 30.1 Å². The highest BCUT2D eigenvalue weighted by Crippen LogP contribution is 2.35. The number of halogens is 3. The second-order valence-corrected chi connectivity index (χ2v) is 11.4. The Morgan fingerprint density at radius 3 is 2.30 bits per heavy atom. The lowest BCUT2D eigenvalue weighted by molar-refractivity contribution is -0.137. The van der Waals surface area contributed by atoms with Crippen molar-refractivity contribution in [1.82, 2.24) is 19.1 Å². The van der Waals surface area contributed by atoms with Gasteiger partial charge in [0.15, 0.2) is 11.0 Å². The van der Waals surface area contributed by atoms with Crippen molar-refractivity contribution >= 4 is 33.4 Å². The molecule has 3 aromatic carbocycles. The van der Waals surface area contributed by atoms with Crippen molar-refractivity contribution in [3.05, 3.63) is 84.4 Å². The molecule has 0 unspecified atom stereocenters. The molecule has 4 aromatic rings. The van der Waals surface area contributed by atoms with E-state index in [1.165, 1.54) is 34.6 Å². The van der Waals surface area contributed by atoms with Gasteiger partial charge in [0.05, 0.1) is 21.9 Å². The maximum Gasteiger partial charge on any atom is 0.418 e. The van der Waals surface area contributed by atoms with E-state index in [0.29, 0.717) is 35.3 Å². The standard InChI is InChI=1S/C27H26F3N5O3S2/c1-3-34(4-2)40(37,38)21-14-10-11-19(17-21)25-32-33-26(35(25)20-12-6-5-7-13-20)39-18-24(36)31-23-16-9-8-15-22(23)27(28,29)30/h5-17H,3-4,18H2,1-2H3,(H,31,36). The Bertz CT molecular complexity index is 1590. The molecule has 8 nitrogen and oxygen atoms in total. The van der Waals surface area contributed by atoms with Gasteiger partial charge in [0.25, 0.3) is 0 Å². The molecule has 1 N–H and O–H groups in total. The summed E-state index contributed by atoms with van der Waals surface area (Å²) >= 11 is 0.990. The van der Waals surface area contributed by atoms with E-state index >= 15 is 0 Å². The van der Waals surface area contributed by atoms with Crippen LogP contribution in [0.5, 0.6) is 0 Å². The Morgan fingerprint density at radius 1 is 0.950 bits per heavy atom. The molecule has 0 bridgehead atoms. The molecule has 0 spiro atoms. The highest BCUT2D eigenvalue weighted by atomic mass is 32.2. The van der Waals surface area contributed by atoms with Crippen LogP contribution >= 0.6 is 11.8 Å². The monoisotopic (exact) mass is 589 g/mol. The lowest BCUT2D eigenvalue weighted by atomic mass is 10.1. The minimum absolute atomic E-state index is 0.105. The third-order valence-corrected chi connectivity index (χ3v) is 8.90. The van der Waals surface area contributed by atoms with Gasteiger partial charge in [-0.3, -0.25) is 9.36 Å². The Labute approximate surface area is 234 Å². The fourth-order valence-corrected chi connectivity index (χ4v) is 6.28. The van der Waals surface area contributed by atoms with Crippen LogP contribution in [0.2, 0.25) is 0 Å². The lowest BCUT2D eigenvalue weighted by Crippen LogP contribution is -2.30. The number of carbonyl (C=O) groups is 1. The van der Waals surface area contributed by atoms with Crippen molar-refractivity contribution in [3.8, 4) is 17.1 Å². The number of amides is 1. The van der Waals surface area contributed by atoms with E-state index in [1.54, 1.807) is 54.8 Å². The fraction of sp³-hybridized carbons (Fsp3) is 0.222. The molecule has 4 rings (SSSR count). The third-order valence-electron chi connectivity index (χ3n) is 5.92. The Morgan fingerprint density at radius 2 is 1.62 bits per heavy atom. The number of nitrogens with zero attached hydrogens (tertiary/aromatic N) is 4. The van der Waals surface area contributed by atoms with Crippen LogP contribution in [0.15, 0.2) is 88.9 Å². The number of hydrogen-bond acceptors (Lipinski definition) is 6. The number of carbonyl (C=O) groups excluding carboxylic acids is 1. The molecule has 210 valence electrons. The number of hydrogen-bond donors (Lipinski definition) is 1. The zero-order valence-electron chi connectivity index (χ0n) is 21.6. The molecule has 0 saturated heterocycles. The van der Waals surface area contributed by atoms with Gasteiger partial charge < -0.3 is 5.32 Å². The predicted molar refractivity (Wildman–Crippen MR) is 148 cm³/mol. The first kappa shape index (κ1) is 29.3. The second kappa shape index (κ2) is 12.2. The molecule has 40 heavy (non-hydrogen) atoms. The molecule has 13 heteroatoms. The molecule has 0 atom stereocenters. The summed E-state index contributed by atoms with van der Waals surface area (Å²) in [5.74, 6) is -0.556. The number of sulfonamides is 1. The van der Waals surface area contributed by atoms with Gasteiger partial charge >= 0.3 is 6.18 Å². The minimum Gasteiger partial charge on any atom is -0.325 e. The summed E-state index contributed by atoms with van der Waals surface area (Å²) in [4.78, 5) is 12.7. The Hall–Kier alpha value is -3.68. The zero-order chi connectivity index (χ0) is 28.9. The highest BCUT2D eigenvalue weighted by molar-refractivity contribution is 7.99. The largest absolute Gasteiger partial charge is 0.418 e. The molecule has 1 heterocycles. The topological polar surface area (TPSA) is 97.2 Å². The fourth-order valence-electron chi connectivity index (χ4n) is 4.02. The van der Waals surface area contributed by atoms with Crippen LogP contribution in [0, 0.1) is 0 Å². The van der Waals surface area contributed by atoms with Crippen LogP contribution < -0.4 is 5.32 Å². The highest BCUT2D eigenvalue weighted by Gasteiger charge is 2.33. The van der Waals surface area contributed by atoms with Crippen molar-refractivity contribution in [2.75, 3.05) is 24.2 Å². The van der Waals surface area contributed by atoms with E-state index in [2.05, 4.69) is 15.5 Å². The van der Waals surface area contributed by atoms with Crippen LogP contribution in [0.25, 0.3) is 17.1 Å². The molecule has 0 aliphatic carbocycles. The van der Waals surface area contributed by atoms with E-state index in [9.17, 15) is 26.4 Å². The van der Waals surface area contributed by atoms with Crippen molar-refractivity contribution in [2.24, 2.45) is 0 Å². The SMILES string of the molecule is CCN(CC)S(=O)(=O)c1cccc(-c2nnc(SCC(=O)Nc3ccccc3C(F)(F)F)n2-c2ccccc2)c1. The van der Waals surface area contributed by atoms with Gasteiger partial charge in [0, 0.05) is 24.3 Å². The number of para-hydroxylation sites is 2. The van der Waals surface area contributed by atoms with E-state index in [-0.39, 0.29) is 16.3 Å². The van der Waals surface area contributed by atoms with Crippen molar-refractivity contribution in [3.63, 3.8) is 0 Å². The quantitative estimate of drug-likeness (QED) is 0.238. The second-order valence-electron chi connectivity index (χ2n) is 8.47. The van der Waals surface area contributed by atoms with Crippen LogP contribution in [-0.2, 0) is 21.0 Å². The Kier molecular flexibility index (Phi) is 8.96. The number of alkyl halides is 3. The summed E-state index contributed by atoms with van der Waals surface area (Å²) in [6, 6.07) is 20.1. The normalized spacial score (nSPS) is 12.1. The number of thioether (sulfide) groups is 1. The van der Waals surface area contributed by atoms with E-state index < -0.39 is 27.7 Å². The summed E-state index contributed by atoms with van der Waals surface area (Å²) < 4.78 is 69.2. The molecule has 0 fully saturated rings. The summed E-state index contributed by atoms with van der Waals surface area (Å²) in [7, 11) is -3.73. The first-order valence-corrected chi connectivity index (χ1v) is 14.7. The number of rotatable bonds is 10. The van der Waals surface area contributed by atoms with Gasteiger partial charge in [-0.1, -0.05) is 68.1 Å². The van der Waals surface area contributed by atoms with E-state index in [0.717, 1.165) is 17.8 Å². The predicted octanol–water partition coefficient (Wildman–Crippen LogP) is 5.71. The van der Waals surface area contributed by atoms with Gasteiger partial charge in [-0.25, -0.2) is 8.42 Å². The third kappa shape index (κ3) is 6.37. The van der Waals surface area contributed by atoms with E-state index in [4.69, 9.17) is 0 Å². The maximum absolute atomic E-state index is 13.3. The minimum atomic E-state index is -4.62. The molecule has 0 radical (unpaired) electrons. The summed E-state index contributed by atoms with van der Waals surface area (Å²) in [6.45, 7) is 4.16. The van der Waals surface area contributed by atoms with Gasteiger partial charge in [0.2, 0.25) is 15.9 Å². The average Bonchev–Trinajstić information content (AvgIpc) is 3.37. The Balaban J connectivity index is 1.65. The van der Waals surface area contributed by atoms with Gasteiger partial charge in [-0.15, -0.1) is 10.2 Å². The van der Waals surface area contributed by atoms with Crippen molar-refractivity contribution < 1.29 is 26.4 Å². The van der Waals surface area contributed by atoms with Crippen LogP contribution in [0.4, 0.5) is 18.9 Å². The van der Waals surface area contributed by atoms with Crippen molar-refractivity contribution in [1.29, 1.82) is 0 Å². The summed E-state index contributed by atoms with van der Waals surface area (Å²) in [5.41, 5.74) is -0.135. The average molecular weight is 590 g/mol. The molecular formula is C27H26F3N5O3S2. The zero-order valence-corrected chi connectivity index (χ0v) is 23.2. The number of nitrogens with one attached hydrogen (secondary N) is 1. The van der Waals surface area contributed by atoms with Gasteiger partial charge in [0.1, 0.15) is 0 Å². The summed E-state index contributed by atoms with van der Waals surface area (Å²) in [5, 5.41) is 11.1. The summed E-state index contributed by atoms with van der Waals surface area (Å²) in [6.07, 6.45) is -4.62. The molecule has 1 amide bonds. The van der Waals surface area contributed by atoms with Crippen LogP contribution in [0.3, 0.4) is 0 Å². The molecular weight excluding hydrogens is 563 g/mol.